The van der Waals surface area contributed by atoms with E-state index in [0.717, 1.165) is 11.6 Å². The fourth-order valence-corrected chi connectivity index (χ4v) is 5.67. The summed E-state index contributed by atoms with van der Waals surface area (Å²) in [6.07, 6.45) is -2.99. The van der Waals surface area contributed by atoms with Gasteiger partial charge in [0.25, 0.3) is 0 Å². The number of carbonyl (C=O) groups excluding carboxylic acids is 1. The lowest BCUT2D eigenvalue weighted by Gasteiger charge is -2.41. The van der Waals surface area contributed by atoms with Gasteiger partial charge in [-0.25, -0.2) is 4.98 Å². The van der Waals surface area contributed by atoms with Crippen molar-refractivity contribution < 1.29 is 27.4 Å². The number of carbonyl (C=O) groups is 1. The monoisotopic (exact) mass is 593 g/mol. The van der Waals surface area contributed by atoms with Crippen molar-refractivity contribution in [2.45, 2.75) is 38.9 Å². The Hall–Kier alpha value is -4.54. The SMILES string of the molecule is COc1cc2nc(N3CCC(Cc4ccccc4)(C(=O)NCc4ccc(C)c(C(F)(F)F)c4)CC3)nc(N)c2cc1OC. The van der Waals surface area contributed by atoms with Crippen molar-refractivity contribution in [3.63, 3.8) is 0 Å². The number of nitrogens with zero attached hydrogens (tertiary/aromatic N) is 3. The van der Waals surface area contributed by atoms with Crippen molar-refractivity contribution in [2.24, 2.45) is 5.41 Å². The van der Waals surface area contributed by atoms with Gasteiger partial charge in [0.2, 0.25) is 11.9 Å². The zero-order valence-electron chi connectivity index (χ0n) is 24.3. The minimum Gasteiger partial charge on any atom is -0.493 e. The predicted octanol–water partition coefficient (Wildman–Crippen LogP) is 5.70. The normalized spacial score (nSPS) is 14.9. The Labute approximate surface area is 248 Å². The van der Waals surface area contributed by atoms with E-state index in [1.807, 2.05) is 35.2 Å². The number of methoxy groups -OCH3 is 2. The van der Waals surface area contributed by atoms with Crippen LogP contribution >= 0.6 is 0 Å². The van der Waals surface area contributed by atoms with Crippen molar-refractivity contribution in [2.75, 3.05) is 37.9 Å². The van der Waals surface area contributed by atoms with E-state index in [2.05, 4.69) is 10.3 Å². The standard InChI is InChI=1S/C32H34F3N5O3/c1-20-9-10-22(15-24(20)32(33,34)35)19-37-29(41)31(18-21-7-5-4-6-8-21)11-13-40(14-12-31)30-38-25-17-27(43-3)26(42-2)16-23(25)28(36)39-30/h4-10,15-17H,11-14,18-19H2,1-3H3,(H,37,41)(H2,36,38,39). The number of benzene rings is 3. The van der Waals surface area contributed by atoms with E-state index < -0.39 is 17.2 Å². The molecule has 1 aliphatic heterocycles. The third-order valence-electron chi connectivity index (χ3n) is 8.15. The molecule has 0 spiro atoms. The molecule has 0 aliphatic carbocycles. The second-order valence-corrected chi connectivity index (χ2v) is 10.9. The van der Waals surface area contributed by atoms with E-state index in [0.29, 0.717) is 72.1 Å². The van der Waals surface area contributed by atoms with Gasteiger partial charge in [-0.05, 0) is 55.0 Å². The molecule has 5 rings (SSSR count). The number of rotatable bonds is 8. The predicted molar refractivity (Wildman–Crippen MR) is 159 cm³/mol. The van der Waals surface area contributed by atoms with Gasteiger partial charge in [0.15, 0.2) is 11.5 Å². The average molecular weight is 594 g/mol. The molecule has 0 bridgehead atoms. The first kappa shape index (κ1) is 29.9. The summed E-state index contributed by atoms with van der Waals surface area (Å²) in [4.78, 5) is 25.1. The third-order valence-corrected chi connectivity index (χ3v) is 8.15. The van der Waals surface area contributed by atoms with Gasteiger partial charge in [0.05, 0.1) is 30.7 Å². The quantitative estimate of drug-likeness (QED) is 0.270. The molecule has 1 aliphatic rings. The number of hydrogen-bond donors (Lipinski definition) is 2. The van der Waals surface area contributed by atoms with Crippen molar-refractivity contribution >= 4 is 28.6 Å². The number of amides is 1. The highest BCUT2D eigenvalue weighted by atomic mass is 19.4. The van der Waals surface area contributed by atoms with Crippen LogP contribution in [0.4, 0.5) is 24.9 Å². The number of aromatic nitrogens is 2. The number of nitrogens with one attached hydrogen (secondary N) is 1. The van der Waals surface area contributed by atoms with Crippen LogP contribution in [0.25, 0.3) is 10.9 Å². The summed E-state index contributed by atoms with van der Waals surface area (Å²) in [5.74, 6) is 1.60. The Balaban J connectivity index is 1.37. The number of nitrogens with two attached hydrogens (primary N) is 1. The van der Waals surface area contributed by atoms with Crippen LogP contribution in [0.15, 0.2) is 60.7 Å². The lowest BCUT2D eigenvalue weighted by molar-refractivity contribution is -0.138. The smallest absolute Gasteiger partial charge is 0.416 e. The molecule has 1 fully saturated rings. The lowest BCUT2D eigenvalue weighted by Crippen LogP contribution is -2.50. The van der Waals surface area contributed by atoms with Gasteiger partial charge >= 0.3 is 6.18 Å². The van der Waals surface area contributed by atoms with Crippen LogP contribution in [0.5, 0.6) is 11.5 Å². The number of fused-ring (bicyclic) bond motifs is 1. The molecule has 3 aromatic carbocycles. The Morgan fingerprint density at radius 3 is 2.30 bits per heavy atom. The van der Waals surface area contributed by atoms with E-state index >= 15 is 0 Å². The number of piperidine rings is 1. The second kappa shape index (κ2) is 12.0. The number of anilines is 2. The molecule has 0 saturated carbocycles. The van der Waals surface area contributed by atoms with Crippen LogP contribution in [-0.2, 0) is 23.9 Å². The minimum absolute atomic E-state index is 0.00192. The van der Waals surface area contributed by atoms with E-state index in [1.165, 1.54) is 13.0 Å². The highest BCUT2D eigenvalue weighted by Crippen LogP contribution is 2.39. The maximum absolute atomic E-state index is 13.8. The first-order chi connectivity index (χ1) is 20.5. The number of halogens is 3. The molecule has 8 nitrogen and oxygen atoms in total. The minimum atomic E-state index is -4.46. The highest BCUT2D eigenvalue weighted by Gasteiger charge is 2.42. The number of nitrogen functional groups attached to an aromatic ring is 1. The molecule has 0 radical (unpaired) electrons. The van der Waals surface area contributed by atoms with E-state index in [4.69, 9.17) is 20.2 Å². The zero-order valence-corrected chi connectivity index (χ0v) is 24.3. The molecule has 0 atom stereocenters. The van der Waals surface area contributed by atoms with Gasteiger partial charge in [-0.2, -0.15) is 18.2 Å². The van der Waals surface area contributed by atoms with E-state index in [9.17, 15) is 18.0 Å². The van der Waals surface area contributed by atoms with Crippen LogP contribution in [0.1, 0.15) is 35.1 Å². The van der Waals surface area contributed by atoms with Gasteiger partial charge < -0.3 is 25.4 Å². The van der Waals surface area contributed by atoms with Gasteiger partial charge in [-0.3, -0.25) is 4.79 Å². The van der Waals surface area contributed by atoms with Crippen LogP contribution in [0, 0.1) is 12.3 Å². The summed E-state index contributed by atoms with van der Waals surface area (Å²) in [5, 5.41) is 3.58. The molecule has 226 valence electrons. The largest absolute Gasteiger partial charge is 0.493 e. The Kier molecular flexibility index (Phi) is 8.34. The number of aryl methyl sites for hydroxylation is 1. The Morgan fingerprint density at radius 1 is 0.977 bits per heavy atom. The zero-order chi connectivity index (χ0) is 30.8. The molecule has 43 heavy (non-hydrogen) atoms. The van der Waals surface area contributed by atoms with Crippen molar-refractivity contribution in [3.8, 4) is 11.5 Å². The number of alkyl halides is 3. The maximum atomic E-state index is 13.8. The molecule has 0 unspecified atom stereocenters. The summed E-state index contributed by atoms with van der Waals surface area (Å²) in [6, 6.07) is 17.4. The maximum Gasteiger partial charge on any atom is 0.416 e. The van der Waals surface area contributed by atoms with E-state index in [-0.39, 0.29) is 18.0 Å². The molecule has 4 aromatic rings. The highest BCUT2D eigenvalue weighted by molar-refractivity contribution is 5.92. The van der Waals surface area contributed by atoms with Crippen LogP contribution in [-0.4, -0.2) is 43.2 Å². The number of hydrogen-bond acceptors (Lipinski definition) is 7. The average Bonchev–Trinajstić information content (AvgIpc) is 3.00. The van der Waals surface area contributed by atoms with Crippen LogP contribution in [0.3, 0.4) is 0 Å². The summed E-state index contributed by atoms with van der Waals surface area (Å²) in [5.41, 5.74) is 7.00. The molecule has 1 amide bonds. The first-order valence-electron chi connectivity index (χ1n) is 14.0. The van der Waals surface area contributed by atoms with Gasteiger partial charge in [0.1, 0.15) is 5.82 Å². The molecule has 2 heterocycles. The summed E-state index contributed by atoms with van der Waals surface area (Å²) < 4.78 is 51.2. The Morgan fingerprint density at radius 2 is 1.65 bits per heavy atom. The van der Waals surface area contributed by atoms with Crippen molar-refractivity contribution in [3.05, 3.63) is 82.9 Å². The van der Waals surface area contributed by atoms with Crippen molar-refractivity contribution in [1.82, 2.24) is 15.3 Å². The fraction of sp³-hybridized carbons (Fsp3) is 0.344. The van der Waals surface area contributed by atoms with Gasteiger partial charge in [0, 0.05) is 31.1 Å². The second-order valence-electron chi connectivity index (χ2n) is 10.9. The molecular weight excluding hydrogens is 559 g/mol. The van der Waals surface area contributed by atoms with Gasteiger partial charge in [-0.1, -0.05) is 42.5 Å². The summed E-state index contributed by atoms with van der Waals surface area (Å²) in [7, 11) is 3.09. The lowest BCUT2D eigenvalue weighted by atomic mass is 9.73. The fourth-order valence-electron chi connectivity index (χ4n) is 5.67. The first-order valence-corrected chi connectivity index (χ1v) is 14.0. The summed E-state index contributed by atoms with van der Waals surface area (Å²) in [6.45, 7) is 2.40. The van der Waals surface area contributed by atoms with E-state index in [1.54, 1.807) is 32.4 Å². The molecular formula is C32H34F3N5O3. The van der Waals surface area contributed by atoms with Crippen LogP contribution in [0.2, 0.25) is 0 Å². The molecule has 3 N–H and O–H groups in total. The van der Waals surface area contributed by atoms with Gasteiger partial charge in [-0.15, -0.1) is 0 Å². The molecule has 1 aromatic heterocycles. The third kappa shape index (κ3) is 6.30. The topological polar surface area (TPSA) is 103 Å². The van der Waals surface area contributed by atoms with Crippen molar-refractivity contribution in [1.29, 1.82) is 0 Å². The summed E-state index contributed by atoms with van der Waals surface area (Å²) >= 11 is 0. The van der Waals surface area contributed by atoms with Crippen LogP contribution < -0.4 is 25.4 Å². The number of ether oxygens (including phenoxy) is 2. The molecule has 1 saturated heterocycles. The Bertz CT molecular complexity index is 1620. The molecule has 11 heteroatoms.